The SMILES string of the molecule is COc1cc(C=Nn2c(-c3cccs3)csc2=NCc2ccccc2)cc(OC)c1O. The number of benzene rings is 2. The molecule has 0 spiro atoms. The number of hydrogen-bond donors (Lipinski definition) is 1. The molecule has 0 aliphatic rings. The lowest BCUT2D eigenvalue weighted by atomic mass is 10.2. The van der Waals surface area contributed by atoms with Crippen LogP contribution in [0.3, 0.4) is 0 Å². The average Bonchev–Trinajstić information content (AvgIpc) is 3.47. The Hall–Kier alpha value is -3.36. The van der Waals surface area contributed by atoms with Gasteiger partial charge in [0.05, 0.1) is 37.6 Å². The summed E-state index contributed by atoms with van der Waals surface area (Å²) in [4.78, 5) is 6.68. The minimum atomic E-state index is -0.0387. The summed E-state index contributed by atoms with van der Waals surface area (Å²) >= 11 is 3.20. The summed E-state index contributed by atoms with van der Waals surface area (Å²) in [6, 6.07) is 17.6. The van der Waals surface area contributed by atoms with Crippen molar-refractivity contribution in [3.63, 3.8) is 0 Å². The van der Waals surface area contributed by atoms with Gasteiger partial charge in [-0.2, -0.15) is 5.10 Å². The number of rotatable bonds is 7. The van der Waals surface area contributed by atoms with Crippen molar-refractivity contribution in [2.45, 2.75) is 6.54 Å². The summed E-state index contributed by atoms with van der Waals surface area (Å²) in [6.07, 6.45) is 1.70. The molecule has 31 heavy (non-hydrogen) atoms. The molecule has 0 unspecified atom stereocenters. The van der Waals surface area contributed by atoms with Crippen LogP contribution in [-0.4, -0.2) is 30.2 Å². The van der Waals surface area contributed by atoms with E-state index in [1.54, 1.807) is 41.0 Å². The predicted molar refractivity (Wildman–Crippen MR) is 126 cm³/mol. The number of thiazole rings is 1. The van der Waals surface area contributed by atoms with Gasteiger partial charge < -0.3 is 14.6 Å². The van der Waals surface area contributed by atoms with Crippen LogP contribution in [0.5, 0.6) is 17.2 Å². The van der Waals surface area contributed by atoms with Crippen molar-refractivity contribution in [2.24, 2.45) is 10.1 Å². The summed E-state index contributed by atoms with van der Waals surface area (Å²) in [5.74, 6) is 0.607. The molecule has 4 rings (SSSR count). The van der Waals surface area contributed by atoms with Crippen LogP contribution in [0, 0.1) is 0 Å². The van der Waals surface area contributed by atoms with Crippen molar-refractivity contribution < 1.29 is 14.6 Å². The van der Waals surface area contributed by atoms with Crippen molar-refractivity contribution in [1.82, 2.24) is 4.68 Å². The first-order valence-electron chi connectivity index (χ1n) is 9.47. The highest BCUT2D eigenvalue weighted by molar-refractivity contribution is 7.14. The second-order valence-electron chi connectivity index (χ2n) is 6.51. The third kappa shape index (κ3) is 4.70. The maximum atomic E-state index is 10.1. The lowest BCUT2D eigenvalue weighted by Gasteiger charge is -2.09. The molecule has 4 aromatic rings. The molecule has 1 N–H and O–H groups in total. The third-order valence-electron chi connectivity index (χ3n) is 4.52. The number of ether oxygens (including phenoxy) is 2. The molecule has 2 aromatic carbocycles. The van der Waals surface area contributed by atoms with Gasteiger partial charge in [-0.15, -0.1) is 22.7 Å². The Labute approximate surface area is 188 Å². The minimum Gasteiger partial charge on any atom is -0.502 e. The molecule has 0 atom stereocenters. The van der Waals surface area contributed by atoms with Crippen molar-refractivity contribution >= 4 is 28.9 Å². The van der Waals surface area contributed by atoms with Gasteiger partial charge in [-0.25, -0.2) is 4.68 Å². The van der Waals surface area contributed by atoms with Gasteiger partial charge >= 0.3 is 0 Å². The predicted octanol–water partition coefficient (Wildman–Crippen LogP) is 4.98. The van der Waals surface area contributed by atoms with Crippen molar-refractivity contribution in [1.29, 1.82) is 0 Å². The van der Waals surface area contributed by atoms with Gasteiger partial charge in [-0.3, -0.25) is 4.99 Å². The molecule has 0 aliphatic heterocycles. The van der Waals surface area contributed by atoms with E-state index in [0.717, 1.165) is 26.5 Å². The third-order valence-corrected chi connectivity index (χ3v) is 6.27. The Kier molecular flexibility index (Phi) is 6.49. The first-order valence-corrected chi connectivity index (χ1v) is 11.2. The van der Waals surface area contributed by atoms with Crippen LogP contribution in [0.25, 0.3) is 10.6 Å². The van der Waals surface area contributed by atoms with E-state index in [9.17, 15) is 5.11 Å². The monoisotopic (exact) mass is 451 g/mol. The second-order valence-corrected chi connectivity index (χ2v) is 8.30. The first-order chi connectivity index (χ1) is 15.2. The van der Waals surface area contributed by atoms with Gasteiger partial charge in [-0.05, 0) is 29.1 Å². The van der Waals surface area contributed by atoms with Crippen LogP contribution >= 0.6 is 22.7 Å². The molecule has 2 aromatic heterocycles. The fourth-order valence-corrected chi connectivity index (χ4v) is 4.60. The largest absolute Gasteiger partial charge is 0.502 e. The van der Waals surface area contributed by atoms with E-state index in [1.807, 2.05) is 34.3 Å². The van der Waals surface area contributed by atoms with Crippen LogP contribution in [0.2, 0.25) is 0 Å². The average molecular weight is 452 g/mol. The van der Waals surface area contributed by atoms with Gasteiger partial charge in [0, 0.05) is 10.9 Å². The molecule has 0 bridgehead atoms. The van der Waals surface area contributed by atoms with E-state index >= 15 is 0 Å². The summed E-state index contributed by atoms with van der Waals surface area (Å²) < 4.78 is 12.3. The minimum absolute atomic E-state index is 0.0387. The Morgan fingerprint density at radius 2 is 1.74 bits per heavy atom. The lowest BCUT2D eigenvalue weighted by molar-refractivity contribution is 0.340. The highest BCUT2D eigenvalue weighted by Crippen LogP contribution is 2.36. The molecule has 158 valence electrons. The molecule has 0 saturated carbocycles. The zero-order chi connectivity index (χ0) is 21.6. The van der Waals surface area contributed by atoms with Crippen LogP contribution < -0.4 is 14.3 Å². The molecule has 0 amide bonds. The van der Waals surface area contributed by atoms with Gasteiger partial charge in [0.1, 0.15) is 0 Å². The number of aromatic nitrogens is 1. The molecule has 0 aliphatic carbocycles. The lowest BCUT2D eigenvalue weighted by Crippen LogP contribution is -2.12. The normalized spacial score (nSPS) is 11.9. The fourth-order valence-electron chi connectivity index (χ4n) is 2.97. The summed E-state index contributed by atoms with van der Waals surface area (Å²) in [5.41, 5.74) is 2.84. The van der Waals surface area contributed by atoms with Crippen molar-refractivity contribution in [3.8, 4) is 27.8 Å². The van der Waals surface area contributed by atoms with Crippen LogP contribution in [0.4, 0.5) is 0 Å². The molecule has 6 nitrogen and oxygen atoms in total. The van der Waals surface area contributed by atoms with E-state index in [-0.39, 0.29) is 5.75 Å². The summed E-state index contributed by atoms with van der Waals surface area (Å²) in [7, 11) is 3.00. The Bertz CT molecular complexity index is 1220. The molecule has 0 radical (unpaired) electrons. The Morgan fingerprint density at radius 3 is 2.39 bits per heavy atom. The van der Waals surface area contributed by atoms with E-state index in [4.69, 9.17) is 19.6 Å². The van der Waals surface area contributed by atoms with Gasteiger partial charge in [0.25, 0.3) is 0 Å². The van der Waals surface area contributed by atoms with E-state index in [2.05, 4.69) is 23.6 Å². The zero-order valence-corrected chi connectivity index (χ0v) is 18.7. The second kappa shape index (κ2) is 9.63. The number of phenolic OH excluding ortho intramolecular Hbond substituents is 1. The fraction of sp³-hybridized carbons (Fsp3) is 0.130. The van der Waals surface area contributed by atoms with Gasteiger partial charge in [-0.1, -0.05) is 36.4 Å². The zero-order valence-electron chi connectivity index (χ0n) is 17.1. The van der Waals surface area contributed by atoms with Crippen LogP contribution in [0.15, 0.2) is 75.5 Å². The first kappa shape index (κ1) is 20.9. The maximum absolute atomic E-state index is 10.1. The van der Waals surface area contributed by atoms with Crippen LogP contribution in [0.1, 0.15) is 11.1 Å². The number of thiophene rings is 1. The number of aromatic hydroxyl groups is 1. The molecule has 8 heteroatoms. The number of phenols is 1. The highest BCUT2D eigenvalue weighted by Gasteiger charge is 2.11. The van der Waals surface area contributed by atoms with Crippen molar-refractivity contribution in [3.05, 3.63) is 81.3 Å². The van der Waals surface area contributed by atoms with Gasteiger partial charge in [0.2, 0.25) is 10.6 Å². The summed E-state index contributed by atoms with van der Waals surface area (Å²) in [6.45, 7) is 0.571. The quantitative estimate of drug-likeness (QED) is 0.403. The van der Waals surface area contributed by atoms with Crippen LogP contribution in [-0.2, 0) is 6.54 Å². The smallest absolute Gasteiger partial charge is 0.206 e. The standard InChI is InChI=1S/C23H21N3O3S2/c1-28-19-11-17(12-20(29-2)22(19)27)14-25-26-18(21-9-6-10-30-21)15-31-23(26)24-13-16-7-4-3-5-8-16/h3-12,14-15,27H,13H2,1-2H3. The number of nitrogens with zero attached hydrogens (tertiary/aromatic N) is 3. The van der Waals surface area contributed by atoms with E-state index < -0.39 is 0 Å². The van der Waals surface area contributed by atoms with Crippen molar-refractivity contribution in [2.75, 3.05) is 14.2 Å². The van der Waals surface area contributed by atoms with Gasteiger partial charge in [0.15, 0.2) is 11.5 Å². The summed E-state index contributed by atoms with van der Waals surface area (Å²) in [5, 5.41) is 19.0. The maximum Gasteiger partial charge on any atom is 0.206 e. The Balaban J connectivity index is 1.75. The molecular weight excluding hydrogens is 430 g/mol. The van der Waals surface area contributed by atoms with E-state index in [0.29, 0.717) is 18.0 Å². The molecule has 0 saturated heterocycles. The topological polar surface area (TPSA) is 68.3 Å². The molecular formula is C23H21N3O3S2. The number of methoxy groups -OCH3 is 2. The van der Waals surface area contributed by atoms with E-state index in [1.165, 1.54) is 14.2 Å². The highest BCUT2D eigenvalue weighted by atomic mass is 32.1. The Morgan fingerprint density at radius 1 is 1.00 bits per heavy atom. The molecule has 0 fully saturated rings. The molecule has 2 heterocycles. The number of hydrogen-bond acceptors (Lipinski definition) is 7.